The van der Waals surface area contributed by atoms with Crippen molar-refractivity contribution in [3.05, 3.63) is 69.5 Å². The number of aryl methyl sites for hydroxylation is 1. The molecule has 0 amide bonds. The smallest absolute Gasteiger partial charge is 0.272 e. The van der Waals surface area contributed by atoms with Crippen LogP contribution in [-0.2, 0) is 6.42 Å². The van der Waals surface area contributed by atoms with Crippen LogP contribution in [0.2, 0.25) is 0 Å². The Kier molecular flexibility index (Phi) is 4.52. The zero-order valence-corrected chi connectivity index (χ0v) is 12.0. The number of hydrogen-bond donors (Lipinski definition) is 1. The van der Waals surface area contributed by atoms with Gasteiger partial charge in [0.25, 0.3) is 5.69 Å². The Morgan fingerprint density at radius 3 is 2.43 bits per heavy atom. The molecule has 0 aliphatic rings. The van der Waals surface area contributed by atoms with Gasteiger partial charge in [-0.3, -0.25) is 10.1 Å². The third-order valence-corrected chi connectivity index (χ3v) is 3.42. The van der Waals surface area contributed by atoms with E-state index < -0.39 is 10.7 Å². The molecule has 0 aliphatic heterocycles. The summed E-state index contributed by atoms with van der Waals surface area (Å²) in [6, 6.07) is 11.6. The SMILES string of the molecule is CCc1ccc(C(C)Nc2ccc([N+](=O)[O-])cc2F)cc1. The van der Waals surface area contributed by atoms with Crippen molar-refractivity contribution in [3.8, 4) is 0 Å². The first-order chi connectivity index (χ1) is 10.0. The van der Waals surface area contributed by atoms with E-state index in [1.54, 1.807) is 0 Å². The van der Waals surface area contributed by atoms with Crippen molar-refractivity contribution in [2.45, 2.75) is 26.3 Å². The number of non-ortho nitro benzene ring substituents is 1. The van der Waals surface area contributed by atoms with Crippen LogP contribution in [0.5, 0.6) is 0 Å². The minimum Gasteiger partial charge on any atom is -0.376 e. The Morgan fingerprint density at radius 2 is 1.90 bits per heavy atom. The molecule has 0 saturated heterocycles. The summed E-state index contributed by atoms with van der Waals surface area (Å²) in [6.45, 7) is 4.00. The van der Waals surface area contributed by atoms with Crippen LogP contribution in [0.25, 0.3) is 0 Å². The van der Waals surface area contributed by atoms with Crippen LogP contribution >= 0.6 is 0 Å². The van der Waals surface area contributed by atoms with Gasteiger partial charge in [0.2, 0.25) is 0 Å². The average molecular weight is 288 g/mol. The molecule has 0 fully saturated rings. The van der Waals surface area contributed by atoms with E-state index in [9.17, 15) is 14.5 Å². The first kappa shape index (κ1) is 15.0. The lowest BCUT2D eigenvalue weighted by atomic mass is 10.0. The number of hydrogen-bond acceptors (Lipinski definition) is 3. The topological polar surface area (TPSA) is 55.2 Å². The number of nitro benzene ring substituents is 1. The maximum Gasteiger partial charge on any atom is 0.272 e. The third kappa shape index (κ3) is 3.56. The molecule has 5 heteroatoms. The van der Waals surface area contributed by atoms with Crippen molar-refractivity contribution in [2.24, 2.45) is 0 Å². The van der Waals surface area contributed by atoms with Gasteiger partial charge in [-0.05, 0) is 30.5 Å². The van der Waals surface area contributed by atoms with Gasteiger partial charge in [0, 0.05) is 12.1 Å². The van der Waals surface area contributed by atoms with Gasteiger partial charge in [-0.25, -0.2) is 4.39 Å². The second kappa shape index (κ2) is 6.35. The Hall–Kier alpha value is -2.43. The Balaban J connectivity index is 2.14. The molecule has 0 radical (unpaired) electrons. The molecule has 1 unspecified atom stereocenters. The molecular formula is C16H17FN2O2. The first-order valence-corrected chi connectivity index (χ1v) is 6.80. The lowest BCUT2D eigenvalue weighted by Gasteiger charge is -2.16. The molecule has 2 aromatic rings. The van der Waals surface area contributed by atoms with Crippen molar-refractivity contribution >= 4 is 11.4 Å². The van der Waals surface area contributed by atoms with Gasteiger partial charge < -0.3 is 5.32 Å². The summed E-state index contributed by atoms with van der Waals surface area (Å²) >= 11 is 0. The fourth-order valence-corrected chi connectivity index (χ4v) is 2.09. The number of anilines is 1. The monoisotopic (exact) mass is 288 g/mol. The van der Waals surface area contributed by atoms with Crippen LogP contribution in [-0.4, -0.2) is 4.92 Å². The maximum absolute atomic E-state index is 13.8. The van der Waals surface area contributed by atoms with Crippen LogP contribution in [0.4, 0.5) is 15.8 Å². The Morgan fingerprint density at radius 1 is 1.24 bits per heavy atom. The molecule has 1 atom stereocenters. The highest BCUT2D eigenvalue weighted by molar-refractivity contribution is 5.51. The predicted molar refractivity (Wildman–Crippen MR) is 80.9 cm³/mol. The zero-order valence-electron chi connectivity index (χ0n) is 12.0. The van der Waals surface area contributed by atoms with Crippen LogP contribution < -0.4 is 5.32 Å². The summed E-state index contributed by atoms with van der Waals surface area (Å²) in [6.07, 6.45) is 0.971. The quantitative estimate of drug-likeness (QED) is 0.652. The van der Waals surface area contributed by atoms with E-state index >= 15 is 0 Å². The number of nitrogens with zero attached hydrogens (tertiary/aromatic N) is 1. The fourth-order valence-electron chi connectivity index (χ4n) is 2.09. The lowest BCUT2D eigenvalue weighted by molar-refractivity contribution is -0.385. The predicted octanol–water partition coefficient (Wildman–Crippen LogP) is 4.47. The molecule has 0 heterocycles. The molecule has 0 aliphatic carbocycles. The van der Waals surface area contributed by atoms with Gasteiger partial charge in [0.1, 0.15) is 0 Å². The highest BCUT2D eigenvalue weighted by Gasteiger charge is 2.13. The molecule has 4 nitrogen and oxygen atoms in total. The summed E-state index contributed by atoms with van der Waals surface area (Å²) in [5.74, 6) is -0.624. The minimum atomic E-state index is -0.624. The molecular weight excluding hydrogens is 271 g/mol. The normalized spacial score (nSPS) is 12.0. The zero-order chi connectivity index (χ0) is 15.4. The van der Waals surface area contributed by atoms with Gasteiger partial charge >= 0.3 is 0 Å². The molecule has 0 aromatic heterocycles. The van der Waals surface area contributed by atoms with E-state index in [1.165, 1.54) is 17.7 Å². The molecule has 2 rings (SSSR count). The van der Waals surface area contributed by atoms with Gasteiger partial charge in [-0.2, -0.15) is 0 Å². The van der Waals surface area contributed by atoms with E-state index in [2.05, 4.69) is 12.2 Å². The van der Waals surface area contributed by atoms with E-state index in [1.807, 2.05) is 31.2 Å². The van der Waals surface area contributed by atoms with Crippen molar-refractivity contribution < 1.29 is 9.31 Å². The van der Waals surface area contributed by atoms with Crippen LogP contribution in [0, 0.1) is 15.9 Å². The average Bonchev–Trinajstić information content (AvgIpc) is 2.49. The largest absolute Gasteiger partial charge is 0.376 e. The van der Waals surface area contributed by atoms with Crippen LogP contribution in [0.3, 0.4) is 0 Å². The van der Waals surface area contributed by atoms with Gasteiger partial charge in [0.05, 0.1) is 16.7 Å². The van der Waals surface area contributed by atoms with E-state index in [0.717, 1.165) is 18.1 Å². The number of halogens is 1. The summed E-state index contributed by atoms with van der Waals surface area (Å²) in [4.78, 5) is 9.98. The minimum absolute atomic E-state index is 0.0909. The highest BCUT2D eigenvalue weighted by Crippen LogP contribution is 2.25. The standard InChI is InChI=1S/C16H17FN2O2/c1-3-12-4-6-13(7-5-12)11(2)18-16-9-8-14(19(20)21)10-15(16)17/h4-11,18H,3H2,1-2H3. The second-order valence-electron chi connectivity index (χ2n) is 4.88. The molecule has 2 aromatic carbocycles. The second-order valence-corrected chi connectivity index (χ2v) is 4.88. The number of nitrogens with one attached hydrogen (secondary N) is 1. The number of benzene rings is 2. The maximum atomic E-state index is 13.8. The van der Waals surface area contributed by atoms with Crippen molar-refractivity contribution in [3.63, 3.8) is 0 Å². The number of nitro groups is 1. The van der Waals surface area contributed by atoms with Gasteiger partial charge in [0.15, 0.2) is 5.82 Å². The molecule has 1 N–H and O–H groups in total. The highest BCUT2D eigenvalue weighted by atomic mass is 19.1. The Labute approximate surface area is 122 Å². The number of rotatable bonds is 5. The summed E-state index contributed by atoms with van der Waals surface area (Å²) in [5, 5.41) is 13.6. The van der Waals surface area contributed by atoms with E-state index in [-0.39, 0.29) is 17.4 Å². The van der Waals surface area contributed by atoms with Crippen LogP contribution in [0.15, 0.2) is 42.5 Å². The van der Waals surface area contributed by atoms with Gasteiger partial charge in [-0.15, -0.1) is 0 Å². The van der Waals surface area contributed by atoms with Crippen molar-refractivity contribution in [1.29, 1.82) is 0 Å². The fraction of sp³-hybridized carbons (Fsp3) is 0.250. The summed E-state index contributed by atoms with van der Waals surface area (Å²) in [5.41, 5.74) is 2.28. The summed E-state index contributed by atoms with van der Waals surface area (Å²) < 4.78 is 13.8. The molecule has 0 bridgehead atoms. The van der Waals surface area contributed by atoms with Crippen molar-refractivity contribution in [2.75, 3.05) is 5.32 Å². The summed E-state index contributed by atoms with van der Waals surface area (Å²) in [7, 11) is 0. The first-order valence-electron chi connectivity index (χ1n) is 6.80. The molecule has 0 saturated carbocycles. The van der Waals surface area contributed by atoms with E-state index in [0.29, 0.717) is 0 Å². The molecule has 110 valence electrons. The van der Waals surface area contributed by atoms with Crippen LogP contribution in [0.1, 0.15) is 31.0 Å². The third-order valence-electron chi connectivity index (χ3n) is 3.42. The molecule has 0 spiro atoms. The van der Waals surface area contributed by atoms with Crippen molar-refractivity contribution in [1.82, 2.24) is 0 Å². The molecule has 21 heavy (non-hydrogen) atoms. The van der Waals surface area contributed by atoms with Gasteiger partial charge in [-0.1, -0.05) is 31.2 Å². The Bertz CT molecular complexity index is 641. The van der Waals surface area contributed by atoms with E-state index in [4.69, 9.17) is 0 Å². The lowest BCUT2D eigenvalue weighted by Crippen LogP contribution is -2.08.